The van der Waals surface area contributed by atoms with Gasteiger partial charge in [-0.2, -0.15) is 0 Å². The van der Waals surface area contributed by atoms with Crippen molar-refractivity contribution < 1.29 is 32.9 Å². The normalized spacial score (nSPS) is 14.7. The number of hydrogen-bond acceptors (Lipinski definition) is 6. The fourth-order valence-corrected chi connectivity index (χ4v) is 7.80. The molecular formula is C54H99N2O6P. The van der Waals surface area contributed by atoms with E-state index in [1.807, 2.05) is 27.2 Å². The Morgan fingerprint density at radius 2 is 0.984 bits per heavy atom. The number of rotatable bonds is 46. The van der Waals surface area contributed by atoms with Crippen LogP contribution in [0.1, 0.15) is 213 Å². The largest absolute Gasteiger partial charge is 0.756 e. The molecule has 0 aliphatic rings. The van der Waals surface area contributed by atoms with Crippen LogP contribution in [-0.2, 0) is 18.4 Å². The molecule has 0 bridgehead atoms. The van der Waals surface area contributed by atoms with Crippen LogP contribution in [0.5, 0.6) is 0 Å². The molecule has 0 rings (SSSR count). The third kappa shape index (κ3) is 47.7. The number of phosphoric acid groups is 1. The van der Waals surface area contributed by atoms with Gasteiger partial charge in [0.25, 0.3) is 7.82 Å². The number of carbonyl (C=O) groups excluding carboxylic acids is 1. The second-order valence-corrected chi connectivity index (χ2v) is 19.9. The van der Waals surface area contributed by atoms with Gasteiger partial charge in [-0.05, 0) is 77.0 Å². The number of aliphatic hydroxyl groups excluding tert-OH is 1. The Labute approximate surface area is 389 Å². The number of phosphoric ester groups is 1. The fraction of sp³-hybridized carbons (Fsp3) is 0.759. The molecule has 3 atom stereocenters. The molecule has 0 saturated carbocycles. The molecule has 0 aromatic heterocycles. The molecule has 9 heteroatoms. The van der Waals surface area contributed by atoms with Gasteiger partial charge in [0.05, 0.1) is 39.9 Å². The SMILES string of the molecule is CC/C=C\C/C=C\C/C=C\CCCCCCCC(=O)NC(COP(=O)([O-])OCC[N+](C)(C)C)C(O)/C=C/CC/C=C/CC/C=C/CCCCCCCCCCCCCCCCCC. The van der Waals surface area contributed by atoms with E-state index in [9.17, 15) is 19.4 Å². The maximum absolute atomic E-state index is 12.9. The highest BCUT2D eigenvalue weighted by molar-refractivity contribution is 7.45. The highest BCUT2D eigenvalue weighted by Crippen LogP contribution is 2.38. The lowest BCUT2D eigenvalue weighted by molar-refractivity contribution is -0.870. The molecule has 0 aliphatic carbocycles. The molecule has 0 aromatic carbocycles. The van der Waals surface area contributed by atoms with Crippen molar-refractivity contribution in [2.75, 3.05) is 40.9 Å². The van der Waals surface area contributed by atoms with Crippen molar-refractivity contribution in [1.29, 1.82) is 0 Å². The minimum Gasteiger partial charge on any atom is -0.756 e. The van der Waals surface area contributed by atoms with Gasteiger partial charge in [-0.15, -0.1) is 0 Å². The van der Waals surface area contributed by atoms with Gasteiger partial charge >= 0.3 is 0 Å². The summed E-state index contributed by atoms with van der Waals surface area (Å²) in [6.07, 6.45) is 61.2. The average molecular weight is 903 g/mol. The number of carbonyl (C=O) groups is 1. The molecule has 0 saturated heterocycles. The average Bonchev–Trinajstić information content (AvgIpc) is 3.24. The summed E-state index contributed by atoms with van der Waals surface area (Å²) < 4.78 is 23.2. The molecule has 8 nitrogen and oxygen atoms in total. The van der Waals surface area contributed by atoms with Crippen LogP contribution in [0.4, 0.5) is 0 Å². The predicted molar refractivity (Wildman–Crippen MR) is 270 cm³/mol. The standard InChI is InChI=1S/C54H99N2O6P/c1-6-8-10-12-14-16-18-20-22-23-24-25-26-27-28-29-30-31-32-34-35-37-39-41-43-45-47-53(57)52(51-62-63(59,60)61-50-49-56(3,4)5)55-54(58)48-46-44-42-40-38-36-33-21-19-17-15-13-11-9-7-2/h9,11,15,17,21,31-33,37,39,45,47,52-53,57H,6-8,10,12-14,16,18-20,22-30,34-36,38,40-44,46,48-51H2,1-5H3,(H-,55,58,59,60)/b11-9-,17-15-,32-31+,33-21-,39-37+,47-45+. The van der Waals surface area contributed by atoms with Gasteiger partial charge in [0.1, 0.15) is 13.2 Å². The molecule has 63 heavy (non-hydrogen) atoms. The summed E-state index contributed by atoms with van der Waals surface area (Å²) in [6.45, 7) is 4.49. The maximum Gasteiger partial charge on any atom is 0.268 e. The zero-order valence-corrected chi connectivity index (χ0v) is 42.4. The van der Waals surface area contributed by atoms with Crippen molar-refractivity contribution in [3.05, 3.63) is 72.9 Å². The summed E-state index contributed by atoms with van der Waals surface area (Å²) in [5, 5.41) is 13.8. The first-order chi connectivity index (χ1) is 30.5. The summed E-state index contributed by atoms with van der Waals surface area (Å²) in [6, 6.07) is -0.922. The molecule has 3 unspecified atom stereocenters. The first kappa shape index (κ1) is 60.9. The first-order valence-electron chi connectivity index (χ1n) is 25.8. The van der Waals surface area contributed by atoms with Crippen LogP contribution >= 0.6 is 7.82 Å². The Bertz CT molecular complexity index is 1250. The van der Waals surface area contributed by atoms with Crippen LogP contribution in [0.3, 0.4) is 0 Å². The highest BCUT2D eigenvalue weighted by atomic mass is 31.2. The number of nitrogens with one attached hydrogen (secondary N) is 1. The molecule has 0 aromatic rings. The lowest BCUT2D eigenvalue weighted by atomic mass is 10.0. The predicted octanol–water partition coefficient (Wildman–Crippen LogP) is 14.5. The van der Waals surface area contributed by atoms with E-state index in [1.54, 1.807) is 6.08 Å². The number of hydrogen-bond donors (Lipinski definition) is 2. The summed E-state index contributed by atoms with van der Waals surface area (Å²) in [5.41, 5.74) is 0. The van der Waals surface area contributed by atoms with Gasteiger partial charge < -0.3 is 28.8 Å². The second kappa shape index (κ2) is 45.1. The molecule has 0 spiro atoms. The van der Waals surface area contributed by atoms with E-state index in [2.05, 4.69) is 79.9 Å². The van der Waals surface area contributed by atoms with Crippen LogP contribution in [0.15, 0.2) is 72.9 Å². The highest BCUT2D eigenvalue weighted by Gasteiger charge is 2.23. The molecule has 0 fully saturated rings. The van der Waals surface area contributed by atoms with Gasteiger partial charge in [0.2, 0.25) is 5.91 Å². The molecule has 1 amide bonds. The Hall–Kier alpha value is -2.06. The van der Waals surface area contributed by atoms with Crippen molar-refractivity contribution in [2.24, 2.45) is 0 Å². The van der Waals surface area contributed by atoms with E-state index in [4.69, 9.17) is 9.05 Å². The summed E-state index contributed by atoms with van der Waals surface area (Å²) in [4.78, 5) is 25.4. The van der Waals surface area contributed by atoms with E-state index in [0.717, 1.165) is 83.5 Å². The zero-order valence-electron chi connectivity index (χ0n) is 41.5. The van der Waals surface area contributed by atoms with Gasteiger partial charge in [-0.3, -0.25) is 9.36 Å². The van der Waals surface area contributed by atoms with E-state index in [-0.39, 0.29) is 12.5 Å². The van der Waals surface area contributed by atoms with E-state index >= 15 is 0 Å². The van der Waals surface area contributed by atoms with Crippen molar-refractivity contribution in [3.8, 4) is 0 Å². The summed E-state index contributed by atoms with van der Waals surface area (Å²) in [7, 11) is 1.21. The second-order valence-electron chi connectivity index (χ2n) is 18.5. The summed E-state index contributed by atoms with van der Waals surface area (Å²) >= 11 is 0. The number of quaternary nitrogens is 1. The first-order valence-corrected chi connectivity index (χ1v) is 27.3. The van der Waals surface area contributed by atoms with E-state index < -0.39 is 26.6 Å². The monoisotopic (exact) mass is 903 g/mol. The zero-order chi connectivity index (χ0) is 46.4. The topological polar surface area (TPSA) is 108 Å². The number of amides is 1. The lowest BCUT2D eigenvalue weighted by Crippen LogP contribution is -2.45. The minimum atomic E-state index is -4.61. The number of nitrogens with zero attached hydrogens (tertiary/aromatic N) is 1. The van der Waals surface area contributed by atoms with Gasteiger partial charge in [0.15, 0.2) is 0 Å². The molecule has 0 radical (unpaired) electrons. The van der Waals surface area contributed by atoms with Crippen molar-refractivity contribution in [3.63, 3.8) is 0 Å². The van der Waals surface area contributed by atoms with Gasteiger partial charge in [-0.1, -0.05) is 202 Å². The number of likely N-dealkylation sites (N-methyl/N-ethyl adjacent to an activating group) is 1. The quantitative estimate of drug-likeness (QED) is 0.0273. The van der Waals surface area contributed by atoms with Crippen LogP contribution < -0.4 is 10.2 Å². The Morgan fingerprint density at radius 1 is 0.571 bits per heavy atom. The summed E-state index contributed by atoms with van der Waals surface area (Å²) in [5.74, 6) is -0.231. The molecule has 366 valence electrons. The Morgan fingerprint density at radius 3 is 1.48 bits per heavy atom. The molecule has 0 aliphatic heterocycles. The molecular weight excluding hydrogens is 804 g/mol. The van der Waals surface area contributed by atoms with Crippen LogP contribution in [0, 0.1) is 0 Å². The van der Waals surface area contributed by atoms with Crippen LogP contribution in [0.2, 0.25) is 0 Å². The molecule has 2 N–H and O–H groups in total. The van der Waals surface area contributed by atoms with E-state index in [0.29, 0.717) is 17.4 Å². The smallest absolute Gasteiger partial charge is 0.268 e. The maximum atomic E-state index is 12.9. The van der Waals surface area contributed by atoms with Crippen molar-refractivity contribution >= 4 is 13.7 Å². The van der Waals surface area contributed by atoms with Gasteiger partial charge in [-0.25, -0.2) is 0 Å². The van der Waals surface area contributed by atoms with Crippen LogP contribution in [0.25, 0.3) is 0 Å². The number of aliphatic hydroxyl groups is 1. The third-order valence-corrected chi connectivity index (χ3v) is 12.1. The number of unbranched alkanes of at least 4 members (excludes halogenated alkanes) is 23. The van der Waals surface area contributed by atoms with Crippen LogP contribution in [-0.4, -0.2) is 68.5 Å². The van der Waals surface area contributed by atoms with Crippen molar-refractivity contribution in [2.45, 2.75) is 225 Å². The Balaban J connectivity index is 4.36. The third-order valence-electron chi connectivity index (χ3n) is 11.1. The van der Waals surface area contributed by atoms with E-state index in [1.165, 1.54) is 109 Å². The fourth-order valence-electron chi connectivity index (χ4n) is 7.08. The van der Waals surface area contributed by atoms with Crippen molar-refractivity contribution in [1.82, 2.24) is 5.32 Å². The van der Waals surface area contributed by atoms with Gasteiger partial charge in [0, 0.05) is 6.42 Å². The minimum absolute atomic E-state index is 0.0159. The lowest BCUT2D eigenvalue weighted by Gasteiger charge is -2.29. The number of allylic oxidation sites excluding steroid dienone is 11. The Kier molecular flexibility index (Phi) is 43.6. The molecule has 0 heterocycles.